The quantitative estimate of drug-likeness (QED) is 0.854. The zero-order valence-electron chi connectivity index (χ0n) is 13.9. The summed E-state index contributed by atoms with van der Waals surface area (Å²) in [7, 11) is 0. The highest BCUT2D eigenvalue weighted by Crippen LogP contribution is 2.17. The van der Waals surface area contributed by atoms with E-state index in [-0.39, 0.29) is 11.7 Å². The number of halogens is 1. The van der Waals surface area contributed by atoms with Gasteiger partial charge in [-0.25, -0.2) is 4.39 Å². The number of H-pyrrole nitrogens is 1. The summed E-state index contributed by atoms with van der Waals surface area (Å²) in [4.78, 5) is 14.7. The van der Waals surface area contributed by atoms with Gasteiger partial charge < -0.3 is 10.2 Å². The summed E-state index contributed by atoms with van der Waals surface area (Å²) in [6.07, 6.45) is 2.38. The van der Waals surface area contributed by atoms with E-state index in [0.29, 0.717) is 31.7 Å². The number of hydrogen-bond donors (Lipinski definition) is 2. The van der Waals surface area contributed by atoms with Crippen molar-refractivity contribution in [3.05, 3.63) is 52.6 Å². The van der Waals surface area contributed by atoms with Crippen molar-refractivity contribution in [3.8, 4) is 0 Å². The summed E-state index contributed by atoms with van der Waals surface area (Å²) in [5, 5.41) is 10.5. The molecule has 5 nitrogen and oxygen atoms in total. The van der Waals surface area contributed by atoms with Gasteiger partial charge in [-0.05, 0) is 30.5 Å². The van der Waals surface area contributed by atoms with Crippen LogP contribution < -0.4 is 5.32 Å². The van der Waals surface area contributed by atoms with Gasteiger partial charge in [-0.1, -0.05) is 19.1 Å². The molecule has 0 saturated carbocycles. The van der Waals surface area contributed by atoms with E-state index in [4.69, 9.17) is 0 Å². The number of nitrogens with one attached hydrogen (secondary N) is 2. The zero-order chi connectivity index (χ0) is 16.9. The number of amides is 1. The lowest BCUT2D eigenvalue weighted by Gasteiger charge is -2.22. The van der Waals surface area contributed by atoms with Gasteiger partial charge in [0.1, 0.15) is 5.82 Å². The van der Waals surface area contributed by atoms with Crippen LogP contribution in [0.4, 0.5) is 4.39 Å². The molecule has 1 aromatic heterocycles. The number of aromatic nitrogens is 2. The third-order valence-corrected chi connectivity index (χ3v) is 4.35. The number of hydrogen-bond acceptors (Lipinski definition) is 3. The molecule has 6 heteroatoms. The van der Waals surface area contributed by atoms with Crippen molar-refractivity contribution in [1.29, 1.82) is 0 Å². The highest BCUT2D eigenvalue weighted by Gasteiger charge is 2.25. The van der Waals surface area contributed by atoms with Crippen LogP contribution in [0.5, 0.6) is 0 Å². The smallest absolute Gasteiger partial charge is 0.274 e. The zero-order valence-corrected chi connectivity index (χ0v) is 13.9. The number of aromatic amines is 1. The molecule has 3 rings (SSSR count). The van der Waals surface area contributed by atoms with Gasteiger partial charge in [0.2, 0.25) is 0 Å². The molecule has 0 unspecified atom stereocenters. The molecule has 1 aliphatic heterocycles. The second kappa shape index (κ2) is 7.57. The van der Waals surface area contributed by atoms with Crippen LogP contribution >= 0.6 is 0 Å². The molecule has 0 aliphatic carbocycles. The number of rotatable bonds is 6. The largest absolute Gasteiger partial charge is 0.337 e. The molecule has 128 valence electrons. The molecular weight excluding hydrogens is 307 g/mol. The fourth-order valence-corrected chi connectivity index (χ4v) is 3.09. The fourth-order valence-electron chi connectivity index (χ4n) is 3.09. The van der Waals surface area contributed by atoms with Crippen molar-refractivity contribution < 1.29 is 9.18 Å². The van der Waals surface area contributed by atoms with Crippen molar-refractivity contribution in [2.75, 3.05) is 19.6 Å². The first-order valence-corrected chi connectivity index (χ1v) is 8.49. The summed E-state index contributed by atoms with van der Waals surface area (Å²) >= 11 is 0. The predicted octanol–water partition coefficient (Wildman–Crippen LogP) is 2.29. The van der Waals surface area contributed by atoms with Gasteiger partial charge >= 0.3 is 0 Å². The molecule has 24 heavy (non-hydrogen) atoms. The molecule has 1 aliphatic rings. The molecular formula is C18H23FN4O. The molecule has 0 bridgehead atoms. The minimum Gasteiger partial charge on any atom is -0.337 e. The number of nitrogens with zero attached hydrogens (tertiary/aromatic N) is 2. The van der Waals surface area contributed by atoms with Crippen LogP contribution in [0.25, 0.3) is 0 Å². The number of carbonyl (C=O) groups excluding carboxylic acids is 1. The van der Waals surface area contributed by atoms with Gasteiger partial charge in [0.05, 0.1) is 0 Å². The molecule has 1 aromatic carbocycles. The second-order valence-electron chi connectivity index (χ2n) is 6.13. The van der Waals surface area contributed by atoms with Crippen LogP contribution in [-0.4, -0.2) is 40.6 Å². The van der Waals surface area contributed by atoms with E-state index in [1.165, 1.54) is 12.1 Å². The van der Waals surface area contributed by atoms with Crippen LogP contribution in [0.3, 0.4) is 0 Å². The van der Waals surface area contributed by atoms with Crippen LogP contribution in [0, 0.1) is 5.82 Å². The van der Waals surface area contributed by atoms with Crippen molar-refractivity contribution in [3.63, 3.8) is 0 Å². The van der Waals surface area contributed by atoms with Gasteiger partial charge in [-0.2, -0.15) is 5.10 Å². The van der Waals surface area contributed by atoms with Gasteiger partial charge in [-0.3, -0.25) is 9.89 Å². The molecule has 2 aromatic rings. The maximum atomic E-state index is 13.3. The Kier molecular flexibility index (Phi) is 5.25. The average molecular weight is 330 g/mol. The van der Waals surface area contributed by atoms with E-state index in [1.807, 2.05) is 17.9 Å². The van der Waals surface area contributed by atoms with Crippen LogP contribution in [-0.2, 0) is 19.4 Å². The number of fused-ring (bicyclic) bond motifs is 1. The van der Waals surface area contributed by atoms with Crippen LogP contribution in [0.15, 0.2) is 24.3 Å². The Morgan fingerprint density at radius 1 is 1.38 bits per heavy atom. The molecule has 0 saturated heterocycles. The van der Waals surface area contributed by atoms with E-state index in [2.05, 4.69) is 15.5 Å². The van der Waals surface area contributed by atoms with Crippen LogP contribution in [0.1, 0.15) is 40.7 Å². The maximum absolute atomic E-state index is 13.3. The topological polar surface area (TPSA) is 61.0 Å². The van der Waals surface area contributed by atoms with E-state index in [9.17, 15) is 9.18 Å². The molecule has 0 atom stereocenters. The maximum Gasteiger partial charge on any atom is 0.274 e. The molecule has 0 radical (unpaired) electrons. The Morgan fingerprint density at radius 3 is 3.04 bits per heavy atom. The third kappa shape index (κ3) is 3.64. The first-order valence-electron chi connectivity index (χ1n) is 8.49. The molecule has 2 heterocycles. The summed E-state index contributed by atoms with van der Waals surface area (Å²) in [6.45, 7) is 4.86. The van der Waals surface area contributed by atoms with E-state index < -0.39 is 0 Å². The summed E-state index contributed by atoms with van der Waals surface area (Å²) < 4.78 is 13.3. The first kappa shape index (κ1) is 16.6. The summed E-state index contributed by atoms with van der Waals surface area (Å²) in [6, 6.07) is 6.54. The average Bonchev–Trinajstić information content (AvgIpc) is 3.02. The van der Waals surface area contributed by atoms with E-state index in [0.717, 1.165) is 36.2 Å². The SMILES string of the molecule is CCCN(CCc1cccc(F)c1)C(=O)c1n[nH]c2c1CNCC2. The van der Waals surface area contributed by atoms with Gasteiger partial charge in [0.15, 0.2) is 5.69 Å². The Hall–Kier alpha value is -2.21. The fraction of sp³-hybridized carbons (Fsp3) is 0.444. The Labute approximate surface area is 141 Å². The van der Waals surface area contributed by atoms with Crippen molar-refractivity contribution >= 4 is 5.91 Å². The third-order valence-electron chi connectivity index (χ3n) is 4.35. The highest BCUT2D eigenvalue weighted by atomic mass is 19.1. The minimum absolute atomic E-state index is 0.0468. The van der Waals surface area contributed by atoms with E-state index in [1.54, 1.807) is 6.07 Å². The lowest BCUT2D eigenvalue weighted by atomic mass is 10.1. The Morgan fingerprint density at radius 2 is 2.25 bits per heavy atom. The highest BCUT2D eigenvalue weighted by molar-refractivity contribution is 5.94. The van der Waals surface area contributed by atoms with Gasteiger partial charge in [-0.15, -0.1) is 0 Å². The van der Waals surface area contributed by atoms with Crippen LogP contribution in [0.2, 0.25) is 0 Å². The molecule has 1 amide bonds. The Balaban J connectivity index is 1.72. The lowest BCUT2D eigenvalue weighted by molar-refractivity contribution is 0.0750. The monoisotopic (exact) mass is 330 g/mol. The molecule has 0 fully saturated rings. The standard InChI is InChI=1S/C18H23FN4O/c1-2-9-23(10-7-13-4-3-5-14(19)11-13)18(24)17-15-12-20-8-6-16(15)21-22-17/h3-5,11,20H,2,6-10,12H2,1H3,(H,21,22). The van der Waals surface area contributed by atoms with E-state index >= 15 is 0 Å². The first-order chi connectivity index (χ1) is 11.7. The van der Waals surface area contributed by atoms with Gasteiger partial charge in [0.25, 0.3) is 5.91 Å². The van der Waals surface area contributed by atoms with Crippen molar-refractivity contribution in [2.24, 2.45) is 0 Å². The molecule has 2 N–H and O–H groups in total. The summed E-state index contributed by atoms with van der Waals surface area (Å²) in [5.41, 5.74) is 3.45. The minimum atomic E-state index is -0.242. The molecule has 0 spiro atoms. The van der Waals surface area contributed by atoms with Crippen molar-refractivity contribution in [1.82, 2.24) is 20.4 Å². The summed E-state index contributed by atoms with van der Waals surface area (Å²) in [5.74, 6) is -0.289. The normalized spacial score (nSPS) is 13.6. The number of benzene rings is 1. The lowest BCUT2D eigenvalue weighted by Crippen LogP contribution is -2.35. The predicted molar refractivity (Wildman–Crippen MR) is 90.3 cm³/mol. The Bertz CT molecular complexity index is 713. The van der Waals surface area contributed by atoms with Gasteiger partial charge in [0, 0.05) is 43.9 Å². The number of carbonyl (C=O) groups is 1. The van der Waals surface area contributed by atoms with Crippen molar-refractivity contribution in [2.45, 2.75) is 32.7 Å². The second-order valence-corrected chi connectivity index (χ2v) is 6.13.